The standard InChI is InChI=1S/C21H25NO5/c1-4-22(17-10-8-7-9-11-17)20(23)15-27-21(24)16-12-13-18(25-5-2)19(14-16)26-6-3/h7-14H,4-6,15H2,1-3H3. The smallest absolute Gasteiger partial charge is 0.338 e. The van der Waals surface area contributed by atoms with Gasteiger partial charge in [-0.05, 0) is 51.1 Å². The molecule has 0 saturated carbocycles. The molecule has 0 radical (unpaired) electrons. The zero-order chi connectivity index (χ0) is 19.6. The van der Waals surface area contributed by atoms with Gasteiger partial charge in [-0.1, -0.05) is 18.2 Å². The Labute approximate surface area is 159 Å². The van der Waals surface area contributed by atoms with Gasteiger partial charge in [0.2, 0.25) is 0 Å². The second-order valence-corrected chi connectivity index (χ2v) is 5.58. The van der Waals surface area contributed by atoms with E-state index in [4.69, 9.17) is 14.2 Å². The van der Waals surface area contributed by atoms with Crippen molar-refractivity contribution in [3.8, 4) is 11.5 Å². The summed E-state index contributed by atoms with van der Waals surface area (Å²) >= 11 is 0. The highest BCUT2D eigenvalue weighted by Gasteiger charge is 2.18. The van der Waals surface area contributed by atoms with Crippen molar-refractivity contribution in [2.75, 3.05) is 31.3 Å². The van der Waals surface area contributed by atoms with Crippen LogP contribution in [-0.2, 0) is 9.53 Å². The Morgan fingerprint density at radius 1 is 0.889 bits per heavy atom. The number of ether oxygens (including phenoxy) is 3. The van der Waals surface area contributed by atoms with Gasteiger partial charge < -0.3 is 19.1 Å². The number of benzene rings is 2. The molecule has 0 heterocycles. The summed E-state index contributed by atoms with van der Waals surface area (Å²) in [7, 11) is 0. The highest BCUT2D eigenvalue weighted by atomic mass is 16.5. The van der Waals surface area contributed by atoms with Crippen molar-refractivity contribution >= 4 is 17.6 Å². The van der Waals surface area contributed by atoms with Crippen molar-refractivity contribution < 1.29 is 23.8 Å². The predicted octanol–water partition coefficient (Wildman–Crippen LogP) is 3.69. The number of hydrogen-bond acceptors (Lipinski definition) is 5. The van der Waals surface area contributed by atoms with Crippen LogP contribution in [0.2, 0.25) is 0 Å². The van der Waals surface area contributed by atoms with E-state index in [0.29, 0.717) is 36.8 Å². The number of nitrogens with zero attached hydrogens (tertiary/aromatic N) is 1. The van der Waals surface area contributed by atoms with E-state index in [1.807, 2.05) is 51.1 Å². The first-order chi connectivity index (χ1) is 13.1. The van der Waals surface area contributed by atoms with Gasteiger partial charge in [0.05, 0.1) is 18.8 Å². The third-order valence-electron chi connectivity index (χ3n) is 3.79. The Balaban J connectivity index is 2.04. The zero-order valence-corrected chi connectivity index (χ0v) is 15.9. The van der Waals surface area contributed by atoms with E-state index in [9.17, 15) is 9.59 Å². The van der Waals surface area contributed by atoms with Gasteiger partial charge in [0.1, 0.15) is 0 Å². The van der Waals surface area contributed by atoms with Gasteiger partial charge in [-0.2, -0.15) is 0 Å². The molecule has 1 amide bonds. The van der Waals surface area contributed by atoms with Crippen LogP contribution in [0.4, 0.5) is 5.69 Å². The van der Waals surface area contributed by atoms with Crippen LogP contribution in [0.5, 0.6) is 11.5 Å². The SMILES string of the molecule is CCOc1ccc(C(=O)OCC(=O)N(CC)c2ccccc2)cc1OCC. The fourth-order valence-corrected chi connectivity index (χ4v) is 2.58. The van der Waals surface area contributed by atoms with Gasteiger partial charge in [0, 0.05) is 12.2 Å². The fourth-order valence-electron chi connectivity index (χ4n) is 2.58. The lowest BCUT2D eigenvalue weighted by atomic mass is 10.2. The molecule has 0 fully saturated rings. The van der Waals surface area contributed by atoms with E-state index >= 15 is 0 Å². The Morgan fingerprint density at radius 2 is 1.56 bits per heavy atom. The van der Waals surface area contributed by atoms with Gasteiger partial charge in [0.25, 0.3) is 5.91 Å². The van der Waals surface area contributed by atoms with Crippen molar-refractivity contribution in [3.63, 3.8) is 0 Å². The third-order valence-corrected chi connectivity index (χ3v) is 3.79. The molecule has 0 aliphatic rings. The lowest BCUT2D eigenvalue weighted by molar-refractivity contribution is -0.121. The maximum atomic E-state index is 12.4. The number of carbonyl (C=O) groups is 2. The molecule has 0 saturated heterocycles. The van der Waals surface area contributed by atoms with Crippen LogP contribution in [0.1, 0.15) is 31.1 Å². The summed E-state index contributed by atoms with van der Waals surface area (Å²) < 4.78 is 16.2. The van der Waals surface area contributed by atoms with Gasteiger partial charge in [-0.3, -0.25) is 4.79 Å². The van der Waals surface area contributed by atoms with Crippen LogP contribution < -0.4 is 14.4 Å². The molecular weight excluding hydrogens is 346 g/mol. The first kappa shape index (κ1) is 20.3. The molecule has 0 N–H and O–H groups in total. The summed E-state index contributed by atoms with van der Waals surface area (Å²) in [5, 5.41) is 0. The molecule has 6 heteroatoms. The van der Waals surface area contributed by atoms with Gasteiger partial charge >= 0.3 is 5.97 Å². The molecule has 0 aliphatic heterocycles. The number of hydrogen-bond donors (Lipinski definition) is 0. The number of para-hydroxylation sites is 1. The largest absolute Gasteiger partial charge is 0.490 e. The van der Waals surface area contributed by atoms with Crippen molar-refractivity contribution in [2.24, 2.45) is 0 Å². The normalized spacial score (nSPS) is 10.2. The molecule has 2 aromatic rings. The van der Waals surface area contributed by atoms with Crippen LogP contribution >= 0.6 is 0 Å². The Hall–Kier alpha value is -3.02. The minimum absolute atomic E-state index is 0.284. The second kappa shape index (κ2) is 10.2. The number of rotatable bonds is 9. The minimum atomic E-state index is -0.587. The Kier molecular flexibility index (Phi) is 7.67. The number of amides is 1. The van der Waals surface area contributed by atoms with Crippen molar-refractivity contribution in [2.45, 2.75) is 20.8 Å². The Morgan fingerprint density at radius 3 is 2.19 bits per heavy atom. The molecule has 0 unspecified atom stereocenters. The molecular formula is C21H25NO5. The molecule has 0 atom stereocenters. The molecule has 2 aromatic carbocycles. The summed E-state index contributed by atoms with van der Waals surface area (Å²) in [5.74, 6) is 0.164. The molecule has 2 rings (SSSR count). The van der Waals surface area contributed by atoms with Crippen LogP contribution in [0, 0.1) is 0 Å². The zero-order valence-electron chi connectivity index (χ0n) is 15.9. The summed E-state index contributed by atoms with van der Waals surface area (Å²) in [6.45, 7) is 6.67. The highest BCUT2D eigenvalue weighted by Crippen LogP contribution is 2.28. The molecule has 144 valence electrons. The van der Waals surface area contributed by atoms with E-state index in [-0.39, 0.29) is 12.5 Å². The van der Waals surface area contributed by atoms with Crippen molar-refractivity contribution in [1.29, 1.82) is 0 Å². The summed E-state index contributed by atoms with van der Waals surface area (Å²) in [6, 6.07) is 14.1. The van der Waals surface area contributed by atoms with Gasteiger partial charge in [-0.25, -0.2) is 4.79 Å². The molecule has 0 aliphatic carbocycles. The summed E-state index contributed by atoms with van der Waals surface area (Å²) in [5.41, 5.74) is 1.07. The van der Waals surface area contributed by atoms with E-state index < -0.39 is 5.97 Å². The maximum Gasteiger partial charge on any atom is 0.338 e. The predicted molar refractivity (Wildman–Crippen MR) is 104 cm³/mol. The minimum Gasteiger partial charge on any atom is -0.490 e. The quantitative estimate of drug-likeness (QED) is 0.629. The lowest BCUT2D eigenvalue weighted by Crippen LogP contribution is -2.34. The van der Waals surface area contributed by atoms with Gasteiger partial charge in [-0.15, -0.1) is 0 Å². The first-order valence-corrected chi connectivity index (χ1v) is 9.02. The molecule has 6 nitrogen and oxygen atoms in total. The summed E-state index contributed by atoms with van der Waals surface area (Å²) in [4.78, 5) is 26.3. The first-order valence-electron chi connectivity index (χ1n) is 9.02. The van der Waals surface area contributed by atoms with Crippen LogP contribution in [-0.4, -0.2) is 38.2 Å². The second-order valence-electron chi connectivity index (χ2n) is 5.58. The highest BCUT2D eigenvalue weighted by molar-refractivity contribution is 5.97. The third kappa shape index (κ3) is 5.48. The van der Waals surface area contributed by atoms with E-state index in [0.717, 1.165) is 5.69 Å². The van der Waals surface area contributed by atoms with E-state index in [2.05, 4.69) is 0 Å². The molecule has 0 spiro atoms. The van der Waals surface area contributed by atoms with E-state index in [1.54, 1.807) is 23.1 Å². The van der Waals surface area contributed by atoms with Crippen LogP contribution in [0.15, 0.2) is 48.5 Å². The van der Waals surface area contributed by atoms with Crippen molar-refractivity contribution in [1.82, 2.24) is 0 Å². The lowest BCUT2D eigenvalue weighted by Gasteiger charge is -2.20. The van der Waals surface area contributed by atoms with Gasteiger partial charge in [0.15, 0.2) is 18.1 Å². The fraction of sp³-hybridized carbons (Fsp3) is 0.333. The number of anilines is 1. The average Bonchev–Trinajstić information content (AvgIpc) is 2.69. The molecule has 27 heavy (non-hydrogen) atoms. The maximum absolute atomic E-state index is 12.4. The topological polar surface area (TPSA) is 65.1 Å². The number of likely N-dealkylation sites (N-methyl/N-ethyl adjacent to an activating group) is 1. The molecule has 0 bridgehead atoms. The number of carbonyl (C=O) groups excluding carboxylic acids is 2. The molecule has 0 aromatic heterocycles. The van der Waals surface area contributed by atoms with Crippen LogP contribution in [0.25, 0.3) is 0 Å². The van der Waals surface area contributed by atoms with E-state index in [1.165, 1.54) is 0 Å². The van der Waals surface area contributed by atoms with Crippen molar-refractivity contribution in [3.05, 3.63) is 54.1 Å². The summed E-state index contributed by atoms with van der Waals surface area (Å²) in [6.07, 6.45) is 0. The van der Waals surface area contributed by atoms with Crippen LogP contribution in [0.3, 0.4) is 0 Å². The number of esters is 1. The monoisotopic (exact) mass is 371 g/mol. The Bertz CT molecular complexity index is 760. The average molecular weight is 371 g/mol.